The van der Waals surface area contributed by atoms with Gasteiger partial charge in [-0.25, -0.2) is 0 Å². The van der Waals surface area contributed by atoms with E-state index >= 15 is 0 Å². The van der Waals surface area contributed by atoms with Crippen LogP contribution in [0.2, 0.25) is 5.02 Å². The van der Waals surface area contributed by atoms with Gasteiger partial charge in [0.05, 0.1) is 11.8 Å². The molecular formula is C14H18ClN3OS. The third-order valence-electron chi connectivity index (χ3n) is 3.10. The van der Waals surface area contributed by atoms with Crippen molar-refractivity contribution >= 4 is 34.6 Å². The van der Waals surface area contributed by atoms with Crippen LogP contribution in [0.5, 0.6) is 0 Å². The van der Waals surface area contributed by atoms with Gasteiger partial charge in [0.15, 0.2) is 5.11 Å². The smallest absolute Gasteiger partial charge is 0.187 e. The van der Waals surface area contributed by atoms with Gasteiger partial charge < -0.3 is 10.1 Å². The monoisotopic (exact) mass is 311 g/mol. The lowest BCUT2D eigenvalue weighted by Gasteiger charge is -2.12. The molecule has 1 aliphatic rings. The Hall–Kier alpha value is -1.17. The number of nitrogens with one attached hydrogen (secondary N) is 2. The van der Waals surface area contributed by atoms with Crippen LogP contribution in [0.1, 0.15) is 25.3 Å². The topological polar surface area (TPSA) is 45.7 Å². The zero-order valence-electron chi connectivity index (χ0n) is 11.4. The van der Waals surface area contributed by atoms with Gasteiger partial charge in [0, 0.05) is 18.2 Å². The van der Waals surface area contributed by atoms with Gasteiger partial charge in [-0.05, 0) is 49.7 Å². The summed E-state index contributed by atoms with van der Waals surface area (Å²) in [6, 6.07) is 7.52. The second-order valence-corrected chi connectivity index (χ2v) is 5.51. The highest BCUT2D eigenvalue weighted by Crippen LogP contribution is 2.11. The summed E-state index contributed by atoms with van der Waals surface area (Å²) in [5, 5.41) is 8.58. The van der Waals surface area contributed by atoms with E-state index in [4.69, 9.17) is 28.6 Å². The van der Waals surface area contributed by atoms with Crippen LogP contribution in [0.25, 0.3) is 0 Å². The van der Waals surface area contributed by atoms with Crippen molar-refractivity contribution in [3.63, 3.8) is 0 Å². The Bertz CT molecular complexity index is 484. The molecule has 0 aliphatic carbocycles. The van der Waals surface area contributed by atoms with Crippen LogP contribution in [0.4, 0.5) is 0 Å². The molecule has 20 heavy (non-hydrogen) atoms. The van der Waals surface area contributed by atoms with E-state index in [-0.39, 0.29) is 6.10 Å². The van der Waals surface area contributed by atoms with Crippen molar-refractivity contribution in [3.8, 4) is 0 Å². The van der Waals surface area contributed by atoms with Crippen molar-refractivity contribution in [3.05, 3.63) is 34.9 Å². The predicted octanol–water partition coefficient (Wildman–Crippen LogP) is 2.71. The van der Waals surface area contributed by atoms with E-state index in [1.807, 2.05) is 31.2 Å². The summed E-state index contributed by atoms with van der Waals surface area (Å²) in [6.45, 7) is 3.49. The van der Waals surface area contributed by atoms with Crippen molar-refractivity contribution in [1.29, 1.82) is 0 Å². The molecule has 108 valence electrons. The molecule has 1 aromatic carbocycles. The van der Waals surface area contributed by atoms with Crippen LogP contribution >= 0.6 is 23.8 Å². The average molecular weight is 312 g/mol. The molecule has 0 unspecified atom stereocenters. The average Bonchev–Trinajstić information content (AvgIpc) is 2.96. The zero-order valence-corrected chi connectivity index (χ0v) is 12.9. The molecule has 1 fully saturated rings. The number of halogens is 1. The van der Waals surface area contributed by atoms with Crippen molar-refractivity contribution in [2.75, 3.05) is 13.2 Å². The molecule has 1 aliphatic heterocycles. The summed E-state index contributed by atoms with van der Waals surface area (Å²) in [4.78, 5) is 0. The Morgan fingerprint density at radius 1 is 1.45 bits per heavy atom. The summed E-state index contributed by atoms with van der Waals surface area (Å²) in [7, 11) is 0. The molecule has 2 N–H and O–H groups in total. The van der Waals surface area contributed by atoms with Gasteiger partial charge in [-0.15, -0.1) is 0 Å². The van der Waals surface area contributed by atoms with Crippen molar-refractivity contribution in [2.24, 2.45) is 5.10 Å². The fourth-order valence-corrected chi connectivity index (χ4v) is 2.20. The maximum absolute atomic E-state index is 5.85. The van der Waals surface area contributed by atoms with Crippen LogP contribution in [0.3, 0.4) is 0 Å². The first kappa shape index (κ1) is 15.2. The summed E-state index contributed by atoms with van der Waals surface area (Å²) in [6.07, 6.45) is 2.47. The van der Waals surface area contributed by atoms with Crippen LogP contribution in [0, 0.1) is 0 Å². The number of hydrogen-bond acceptors (Lipinski definition) is 3. The number of ether oxygens (including phenoxy) is 1. The van der Waals surface area contributed by atoms with Crippen molar-refractivity contribution in [2.45, 2.75) is 25.9 Å². The fraction of sp³-hybridized carbons (Fsp3) is 0.429. The highest BCUT2D eigenvalue weighted by Gasteiger charge is 2.15. The molecule has 0 saturated carbocycles. The van der Waals surface area contributed by atoms with Gasteiger partial charge >= 0.3 is 0 Å². The Morgan fingerprint density at radius 3 is 2.85 bits per heavy atom. The molecule has 1 saturated heterocycles. The van der Waals surface area contributed by atoms with E-state index in [1.165, 1.54) is 0 Å². The lowest BCUT2D eigenvalue weighted by molar-refractivity contribution is 0.114. The van der Waals surface area contributed by atoms with Gasteiger partial charge in [-0.3, -0.25) is 5.43 Å². The minimum Gasteiger partial charge on any atom is -0.376 e. The summed E-state index contributed by atoms with van der Waals surface area (Å²) < 4.78 is 5.51. The molecule has 6 heteroatoms. The number of hydrogen-bond donors (Lipinski definition) is 2. The number of benzene rings is 1. The fourth-order valence-electron chi connectivity index (χ4n) is 1.94. The van der Waals surface area contributed by atoms with E-state index in [0.717, 1.165) is 37.3 Å². The highest BCUT2D eigenvalue weighted by atomic mass is 35.5. The highest BCUT2D eigenvalue weighted by molar-refractivity contribution is 7.80. The third kappa shape index (κ3) is 4.74. The second kappa shape index (κ2) is 7.57. The lowest BCUT2D eigenvalue weighted by Crippen LogP contribution is -2.37. The number of rotatable bonds is 4. The van der Waals surface area contributed by atoms with Crippen LogP contribution in [0.15, 0.2) is 29.4 Å². The molecule has 0 radical (unpaired) electrons. The molecule has 0 aromatic heterocycles. The molecule has 1 aromatic rings. The molecule has 0 amide bonds. The maximum Gasteiger partial charge on any atom is 0.187 e. The van der Waals surface area contributed by atoms with Gasteiger partial charge in [-0.1, -0.05) is 23.7 Å². The normalized spacial score (nSPS) is 18.9. The van der Waals surface area contributed by atoms with Gasteiger partial charge in [0.25, 0.3) is 0 Å². The predicted molar refractivity (Wildman–Crippen MR) is 86.4 cm³/mol. The first-order valence-electron chi connectivity index (χ1n) is 6.61. The molecule has 1 atom stereocenters. The minimum atomic E-state index is 0.260. The van der Waals surface area contributed by atoms with Gasteiger partial charge in [0.1, 0.15) is 0 Å². The van der Waals surface area contributed by atoms with Crippen LogP contribution in [-0.4, -0.2) is 30.1 Å². The quantitative estimate of drug-likeness (QED) is 0.510. The van der Waals surface area contributed by atoms with Crippen LogP contribution in [-0.2, 0) is 4.74 Å². The molecule has 0 bridgehead atoms. The first-order valence-corrected chi connectivity index (χ1v) is 7.39. The molecular weight excluding hydrogens is 294 g/mol. The molecule has 2 rings (SSSR count). The standard InChI is InChI=1S/C14H18ClN3OS/c1-10(11-4-6-12(15)7-5-11)17-18-14(20)16-9-13-3-2-8-19-13/h4-7,13H,2-3,8-9H2,1H3,(H2,16,18,20)/b17-10-/t13-/m1/s1. The number of thiocarbonyl (C=S) groups is 1. The summed E-state index contributed by atoms with van der Waals surface area (Å²) in [5.41, 5.74) is 4.69. The SMILES string of the molecule is C/C(=N/NC(=S)NC[C@H]1CCCO1)c1ccc(Cl)cc1. The Balaban J connectivity index is 1.78. The number of hydrazone groups is 1. The van der Waals surface area contributed by atoms with Crippen molar-refractivity contribution in [1.82, 2.24) is 10.7 Å². The van der Waals surface area contributed by atoms with E-state index in [0.29, 0.717) is 10.1 Å². The summed E-state index contributed by atoms with van der Waals surface area (Å²) in [5.74, 6) is 0. The Kier molecular flexibility index (Phi) is 5.76. The summed E-state index contributed by atoms with van der Waals surface area (Å²) >= 11 is 11.0. The van der Waals surface area contributed by atoms with E-state index in [2.05, 4.69) is 15.8 Å². The van der Waals surface area contributed by atoms with Crippen LogP contribution < -0.4 is 10.7 Å². The van der Waals surface area contributed by atoms with Gasteiger partial charge in [0.2, 0.25) is 0 Å². The maximum atomic E-state index is 5.85. The zero-order chi connectivity index (χ0) is 14.4. The van der Waals surface area contributed by atoms with Gasteiger partial charge in [-0.2, -0.15) is 5.10 Å². The van der Waals surface area contributed by atoms with E-state index in [9.17, 15) is 0 Å². The van der Waals surface area contributed by atoms with E-state index in [1.54, 1.807) is 0 Å². The number of nitrogens with zero attached hydrogens (tertiary/aromatic N) is 1. The lowest BCUT2D eigenvalue weighted by atomic mass is 10.1. The molecule has 4 nitrogen and oxygen atoms in total. The Labute approximate surface area is 129 Å². The third-order valence-corrected chi connectivity index (χ3v) is 3.59. The van der Waals surface area contributed by atoms with E-state index < -0.39 is 0 Å². The first-order chi connectivity index (χ1) is 9.65. The molecule has 1 heterocycles. The second-order valence-electron chi connectivity index (χ2n) is 4.66. The minimum absolute atomic E-state index is 0.260. The molecule has 0 spiro atoms. The van der Waals surface area contributed by atoms with Crippen molar-refractivity contribution < 1.29 is 4.74 Å². The Morgan fingerprint density at radius 2 is 2.20 bits per heavy atom. The largest absolute Gasteiger partial charge is 0.376 e.